The first-order valence-corrected chi connectivity index (χ1v) is 8.50. The first-order chi connectivity index (χ1) is 8.76. The van der Waals surface area contributed by atoms with Crippen LogP contribution in [0.25, 0.3) is 0 Å². The summed E-state index contributed by atoms with van der Waals surface area (Å²) >= 11 is 0. The van der Waals surface area contributed by atoms with Gasteiger partial charge < -0.3 is 5.32 Å². The summed E-state index contributed by atoms with van der Waals surface area (Å²) in [5.41, 5.74) is 1.86. The second-order valence-electron chi connectivity index (χ2n) is 6.03. The minimum absolute atomic E-state index is 0.292. The fraction of sp³-hybridized carbons (Fsp3) is 0.571. The van der Waals surface area contributed by atoms with E-state index in [2.05, 4.69) is 23.9 Å². The third kappa shape index (κ3) is 3.86. The van der Waals surface area contributed by atoms with Crippen LogP contribution in [0.5, 0.6) is 0 Å². The molecule has 4 nitrogen and oxygen atoms in total. The van der Waals surface area contributed by atoms with Crippen LogP contribution in [0.2, 0.25) is 0 Å². The van der Waals surface area contributed by atoms with Crippen molar-refractivity contribution in [3.63, 3.8) is 0 Å². The average Bonchev–Trinajstić information content (AvgIpc) is 2.56. The van der Waals surface area contributed by atoms with Crippen molar-refractivity contribution < 1.29 is 8.42 Å². The Labute approximate surface area is 115 Å². The number of benzene rings is 1. The normalized spacial score (nSPS) is 22.2. The molecule has 5 heteroatoms. The smallest absolute Gasteiger partial charge is 0.229 e. The van der Waals surface area contributed by atoms with E-state index < -0.39 is 10.0 Å². The Balaban J connectivity index is 2.11. The average molecular weight is 282 g/mol. The number of hydrogen-bond acceptors (Lipinski definition) is 3. The summed E-state index contributed by atoms with van der Waals surface area (Å²) in [4.78, 5) is 0. The molecule has 19 heavy (non-hydrogen) atoms. The summed E-state index contributed by atoms with van der Waals surface area (Å²) in [7, 11) is -3.22. The monoisotopic (exact) mass is 282 g/mol. The van der Waals surface area contributed by atoms with Crippen LogP contribution >= 0.6 is 0 Å². The highest BCUT2D eigenvalue weighted by molar-refractivity contribution is 7.92. The molecule has 0 aromatic heterocycles. The SMILES string of the molecule is CC1(C)CCCC1Nc1cccc(NS(C)(=O)=O)c1. The molecule has 2 N–H and O–H groups in total. The minimum Gasteiger partial charge on any atom is -0.382 e. The molecule has 0 bridgehead atoms. The zero-order chi connectivity index (χ0) is 14.1. The molecule has 0 saturated heterocycles. The summed E-state index contributed by atoms with van der Waals surface area (Å²) in [6.45, 7) is 4.55. The molecule has 1 fully saturated rings. The lowest BCUT2D eigenvalue weighted by Crippen LogP contribution is -2.30. The van der Waals surface area contributed by atoms with Crippen molar-refractivity contribution in [2.45, 2.75) is 39.2 Å². The van der Waals surface area contributed by atoms with Crippen molar-refractivity contribution >= 4 is 21.4 Å². The summed E-state index contributed by atoms with van der Waals surface area (Å²) < 4.78 is 25.0. The van der Waals surface area contributed by atoms with E-state index in [-0.39, 0.29) is 0 Å². The Morgan fingerprint density at radius 2 is 1.95 bits per heavy atom. The van der Waals surface area contributed by atoms with E-state index in [9.17, 15) is 8.42 Å². The van der Waals surface area contributed by atoms with E-state index in [1.54, 1.807) is 6.07 Å². The number of sulfonamides is 1. The van der Waals surface area contributed by atoms with Gasteiger partial charge >= 0.3 is 0 Å². The van der Waals surface area contributed by atoms with Gasteiger partial charge in [-0.25, -0.2) is 8.42 Å². The van der Waals surface area contributed by atoms with Crippen LogP contribution in [-0.4, -0.2) is 20.7 Å². The molecule has 1 aromatic carbocycles. The van der Waals surface area contributed by atoms with Crippen LogP contribution in [0.4, 0.5) is 11.4 Å². The van der Waals surface area contributed by atoms with Crippen LogP contribution in [-0.2, 0) is 10.0 Å². The zero-order valence-electron chi connectivity index (χ0n) is 11.7. The van der Waals surface area contributed by atoms with Gasteiger partial charge in [-0.2, -0.15) is 0 Å². The maximum absolute atomic E-state index is 11.2. The molecule has 1 aliphatic carbocycles. The van der Waals surface area contributed by atoms with E-state index in [1.807, 2.05) is 18.2 Å². The minimum atomic E-state index is -3.22. The molecule has 106 valence electrons. The highest BCUT2D eigenvalue weighted by Crippen LogP contribution is 2.39. The molecule has 1 unspecified atom stereocenters. The standard InChI is InChI=1S/C14H22N2O2S/c1-14(2)9-5-8-13(14)15-11-6-4-7-12(10-11)16-19(3,17)18/h4,6-7,10,13,15-16H,5,8-9H2,1-3H3. The Bertz CT molecular complexity index is 552. The maximum Gasteiger partial charge on any atom is 0.229 e. The van der Waals surface area contributed by atoms with Crippen LogP contribution in [0.15, 0.2) is 24.3 Å². The Morgan fingerprint density at radius 1 is 1.26 bits per heavy atom. The number of hydrogen-bond donors (Lipinski definition) is 2. The van der Waals surface area contributed by atoms with Gasteiger partial charge in [0.2, 0.25) is 10.0 Å². The third-order valence-corrected chi connectivity index (χ3v) is 4.37. The molecule has 0 amide bonds. The lowest BCUT2D eigenvalue weighted by molar-refractivity contribution is 0.350. The first-order valence-electron chi connectivity index (χ1n) is 6.61. The second-order valence-corrected chi connectivity index (χ2v) is 7.78. The summed E-state index contributed by atoms with van der Waals surface area (Å²) in [6.07, 6.45) is 4.79. The molecule has 0 radical (unpaired) electrons. The molecule has 1 saturated carbocycles. The van der Waals surface area contributed by atoms with Gasteiger partial charge in [-0.3, -0.25) is 4.72 Å². The van der Waals surface area contributed by atoms with Gasteiger partial charge in [0.1, 0.15) is 0 Å². The molecular weight excluding hydrogens is 260 g/mol. The molecule has 1 aromatic rings. The largest absolute Gasteiger partial charge is 0.382 e. The lowest BCUT2D eigenvalue weighted by Gasteiger charge is -2.28. The summed E-state index contributed by atoms with van der Waals surface area (Å²) in [5, 5.41) is 3.52. The van der Waals surface area contributed by atoms with Crippen LogP contribution in [0.1, 0.15) is 33.1 Å². The third-order valence-electron chi connectivity index (χ3n) is 3.76. The van der Waals surface area contributed by atoms with E-state index in [0.717, 1.165) is 18.4 Å². The van der Waals surface area contributed by atoms with Crippen molar-refractivity contribution in [1.29, 1.82) is 0 Å². The lowest BCUT2D eigenvalue weighted by atomic mass is 9.87. The predicted molar refractivity (Wildman–Crippen MR) is 80.0 cm³/mol. The first kappa shape index (κ1) is 14.2. The van der Waals surface area contributed by atoms with Crippen molar-refractivity contribution in [3.8, 4) is 0 Å². The topological polar surface area (TPSA) is 58.2 Å². The van der Waals surface area contributed by atoms with E-state index in [1.165, 1.54) is 12.8 Å². The molecule has 0 aliphatic heterocycles. The quantitative estimate of drug-likeness (QED) is 0.892. The molecule has 0 heterocycles. The van der Waals surface area contributed by atoms with Crippen LogP contribution in [0.3, 0.4) is 0 Å². The van der Waals surface area contributed by atoms with Gasteiger partial charge in [0.05, 0.1) is 11.9 Å². The van der Waals surface area contributed by atoms with Crippen LogP contribution in [0, 0.1) is 5.41 Å². The van der Waals surface area contributed by atoms with Gasteiger partial charge in [-0.1, -0.05) is 26.3 Å². The van der Waals surface area contributed by atoms with Gasteiger partial charge in [-0.05, 0) is 36.5 Å². The van der Waals surface area contributed by atoms with Crippen molar-refractivity contribution in [1.82, 2.24) is 0 Å². The van der Waals surface area contributed by atoms with E-state index in [0.29, 0.717) is 17.1 Å². The Hall–Kier alpha value is -1.23. The Morgan fingerprint density at radius 3 is 2.53 bits per heavy atom. The predicted octanol–water partition coefficient (Wildman–Crippen LogP) is 3.05. The molecule has 2 rings (SSSR count). The van der Waals surface area contributed by atoms with Crippen LogP contribution < -0.4 is 10.0 Å². The highest BCUT2D eigenvalue weighted by Gasteiger charge is 2.34. The molecule has 1 aliphatic rings. The van der Waals surface area contributed by atoms with Gasteiger partial charge in [-0.15, -0.1) is 0 Å². The highest BCUT2D eigenvalue weighted by atomic mass is 32.2. The molecular formula is C14H22N2O2S. The number of nitrogens with one attached hydrogen (secondary N) is 2. The van der Waals surface area contributed by atoms with Crippen molar-refractivity contribution in [2.75, 3.05) is 16.3 Å². The summed E-state index contributed by atoms with van der Waals surface area (Å²) in [5.74, 6) is 0. The van der Waals surface area contributed by atoms with E-state index >= 15 is 0 Å². The molecule has 0 spiro atoms. The number of rotatable bonds is 4. The Kier molecular flexibility index (Phi) is 3.76. The molecule has 1 atom stereocenters. The van der Waals surface area contributed by atoms with Gasteiger partial charge in [0.25, 0.3) is 0 Å². The summed E-state index contributed by atoms with van der Waals surface area (Å²) in [6, 6.07) is 7.88. The maximum atomic E-state index is 11.2. The number of anilines is 2. The van der Waals surface area contributed by atoms with Crippen molar-refractivity contribution in [3.05, 3.63) is 24.3 Å². The fourth-order valence-corrected chi connectivity index (χ4v) is 3.24. The second kappa shape index (κ2) is 5.04. The van der Waals surface area contributed by atoms with Gasteiger partial charge in [0, 0.05) is 11.7 Å². The van der Waals surface area contributed by atoms with Crippen molar-refractivity contribution in [2.24, 2.45) is 5.41 Å². The fourth-order valence-electron chi connectivity index (χ4n) is 2.68. The van der Waals surface area contributed by atoms with Gasteiger partial charge in [0.15, 0.2) is 0 Å². The van der Waals surface area contributed by atoms with E-state index in [4.69, 9.17) is 0 Å². The zero-order valence-corrected chi connectivity index (χ0v) is 12.5.